The summed E-state index contributed by atoms with van der Waals surface area (Å²) in [5.74, 6) is -0.233. The zero-order valence-corrected chi connectivity index (χ0v) is 15.2. The maximum Gasteiger partial charge on any atom is 0.338 e. The maximum atomic E-state index is 12.2. The summed E-state index contributed by atoms with van der Waals surface area (Å²) in [6.07, 6.45) is 0.993. The van der Waals surface area contributed by atoms with Crippen LogP contribution >= 0.6 is 0 Å². The topological polar surface area (TPSA) is 98.9 Å². The van der Waals surface area contributed by atoms with Crippen molar-refractivity contribution in [2.75, 3.05) is 13.2 Å². The van der Waals surface area contributed by atoms with Crippen LogP contribution in [0.2, 0.25) is 0 Å². The highest BCUT2D eigenvalue weighted by molar-refractivity contribution is 5.98. The van der Waals surface area contributed by atoms with Gasteiger partial charge < -0.3 is 14.0 Å². The molecule has 1 aliphatic rings. The zero-order chi connectivity index (χ0) is 19.4. The Balaban J connectivity index is 1.57. The molecule has 1 aliphatic heterocycles. The highest BCUT2D eigenvalue weighted by Gasteiger charge is 2.27. The predicted molar refractivity (Wildman–Crippen MR) is 93.0 cm³/mol. The molecule has 1 aromatic carbocycles. The van der Waals surface area contributed by atoms with Crippen LogP contribution in [-0.2, 0) is 20.9 Å². The molecule has 0 atom stereocenters. The summed E-state index contributed by atoms with van der Waals surface area (Å²) in [4.78, 5) is 36.8. The smallest absolute Gasteiger partial charge is 0.338 e. The summed E-state index contributed by atoms with van der Waals surface area (Å²) in [6, 6.07) is 6.47. The second kappa shape index (κ2) is 8.03. The van der Waals surface area contributed by atoms with E-state index in [-0.39, 0.29) is 18.1 Å². The normalized spacial score (nSPS) is 13.7. The number of rotatable bonds is 6. The van der Waals surface area contributed by atoms with Crippen LogP contribution in [0.15, 0.2) is 28.8 Å². The van der Waals surface area contributed by atoms with Crippen molar-refractivity contribution in [3.63, 3.8) is 0 Å². The number of benzene rings is 1. The first-order chi connectivity index (χ1) is 13.0. The van der Waals surface area contributed by atoms with E-state index < -0.39 is 18.5 Å². The lowest BCUT2D eigenvalue weighted by Crippen LogP contribution is -2.35. The van der Waals surface area contributed by atoms with Gasteiger partial charge in [0.05, 0.1) is 16.8 Å². The number of nitrogens with zero attached hydrogens (tertiary/aromatic N) is 2. The van der Waals surface area contributed by atoms with Gasteiger partial charge in [0, 0.05) is 13.0 Å². The number of likely N-dealkylation sites (tertiary alicyclic amines) is 1. The van der Waals surface area contributed by atoms with Crippen LogP contribution in [0.25, 0.3) is 0 Å². The Hall–Kier alpha value is -3.16. The van der Waals surface area contributed by atoms with Gasteiger partial charge in [-0.15, -0.1) is 0 Å². The number of aryl methyl sites for hydroxylation is 2. The van der Waals surface area contributed by atoms with Gasteiger partial charge in [-0.2, -0.15) is 0 Å². The van der Waals surface area contributed by atoms with Gasteiger partial charge >= 0.3 is 5.97 Å². The van der Waals surface area contributed by atoms with Crippen LogP contribution in [0.3, 0.4) is 0 Å². The van der Waals surface area contributed by atoms with Crippen molar-refractivity contribution in [3.8, 4) is 5.75 Å². The van der Waals surface area contributed by atoms with Crippen molar-refractivity contribution in [1.29, 1.82) is 0 Å². The Morgan fingerprint density at radius 1 is 1.30 bits per heavy atom. The molecule has 0 aliphatic carbocycles. The first-order valence-electron chi connectivity index (χ1n) is 8.60. The van der Waals surface area contributed by atoms with Crippen molar-refractivity contribution < 1.29 is 28.4 Å². The maximum absolute atomic E-state index is 12.2. The number of carbonyl (C=O) groups is 3. The van der Waals surface area contributed by atoms with E-state index in [4.69, 9.17) is 14.0 Å². The lowest BCUT2D eigenvalue weighted by atomic mass is 10.2. The Morgan fingerprint density at radius 3 is 2.78 bits per heavy atom. The van der Waals surface area contributed by atoms with Gasteiger partial charge in [-0.1, -0.05) is 11.2 Å². The molecule has 0 unspecified atom stereocenters. The predicted octanol–water partition coefficient (Wildman–Crippen LogP) is 2.18. The summed E-state index contributed by atoms with van der Waals surface area (Å²) in [5, 5.41) is 3.86. The number of ether oxygens (including phenoxy) is 2. The van der Waals surface area contributed by atoms with E-state index in [0.717, 1.165) is 16.2 Å². The summed E-state index contributed by atoms with van der Waals surface area (Å²) < 4.78 is 15.8. The van der Waals surface area contributed by atoms with Crippen molar-refractivity contribution in [1.82, 2.24) is 10.1 Å². The largest absolute Gasteiger partial charge is 0.489 e. The molecule has 1 saturated heterocycles. The Morgan fingerprint density at radius 2 is 2.11 bits per heavy atom. The van der Waals surface area contributed by atoms with E-state index in [1.807, 2.05) is 6.92 Å². The van der Waals surface area contributed by atoms with E-state index in [2.05, 4.69) is 5.16 Å². The van der Waals surface area contributed by atoms with Crippen LogP contribution in [0.5, 0.6) is 5.75 Å². The van der Waals surface area contributed by atoms with E-state index in [9.17, 15) is 14.4 Å². The van der Waals surface area contributed by atoms with Gasteiger partial charge in [-0.3, -0.25) is 14.5 Å². The molecule has 1 aromatic heterocycles. The standard InChI is InChI=1S/C19H20N2O6/c1-12-16(13(2)27-20-12)10-25-15-6-3-5-14(9-15)19(24)26-11-18(23)21-8-4-7-17(21)22/h3,5-6,9H,4,7-8,10-11H2,1-2H3. The molecule has 2 amide bonds. The highest BCUT2D eigenvalue weighted by atomic mass is 16.5. The number of hydrogen-bond donors (Lipinski definition) is 0. The first kappa shape index (κ1) is 18.6. The average molecular weight is 372 g/mol. The summed E-state index contributed by atoms with van der Waals surface area (Å²) >= 11 is 0. The number of esters is 1. The lowest BCUT2D eigenvalue weighted by molar-refractivity contribution is -0.143. The molecule has 0 radical (unpaired) electrons. The summed E-state index contributed by atoms with van der Waals surface area (Å²) in [5.41, 5.74) is 1.86. The molecule has 3 rings (SSSR count). The summed E-state index contributed by atoms with van der Waals surface area (Å²) in [7, 11) is 0. The highest BCUT2D eigenvalue weighted by Crippen LogP contribution is 2.19. The van der Waals surface area contributed by atoms with Gasteiger partial charge in [0.25, 0.3) is 5.91 Å². The van der Waals surface area contributed by atoms with Crippen molar-refractivity contribution >= 4 is 17.8 Å². The molecular formula is C19H20N2O6. The van der Waals surface area contributed by atoms with E-state index in [1.54, 1.807) is 25.1 Å². The second-order valence-corrected chi connectivity index (χ2v) is 6.24. The van der Waals surface area contributed by atoms with Crippen molar-refractivity contribution in [2.45, 2.75) is 33.3 Å². The van der Waals surface area contributed by atoms with E-state index in [0.29, 0.717) is 30.9 Å². The van der Waals surface area contributed by atoms with Crippen LogP contribution in [0.4, 0.5) is 0 Å². The molecule has 8 heteroatoms. The molecule has 1 fully saturated rings. The minimum absolute atomic E-state index is 0.231. The van der Waals surface area contributed by atoms with Gasteiger partial charge in [0.15, 0.2) is 6.61 Å². The third-order valence-corrected chi connectivity index (χ3v) is 4.34. The minimum atomic E-state index is -0.655. The molecule has 27 heavy (non-hydrogen) atoms. The SMILES string of the molecule is Cc1noc(C)c1COc1cccc(C(=O)OCC(=O)N2CCCC2=O)c1. The number of aromatic nitrogens is 1. The van der Waals surface area contributed by atoms with Crippen LogP contribution in [-0.4, -0.2) is 41.0 Å². The number of amides is 2. The fraction of sp³-hybridized carbons (Fsp3) is 0.368. The Bertz CT molecular complexity index is 853. The molecule has 0 saturated carbocycles. The average Bonchev–Trinajstić information content (AvgIpc) is 3.23. The number of imide groups is 1. The quantitative estimate of drug-likeness (QED) is 0.717. The molecular weight excluding hydrogens is 352 g/mol. The molecule has 2 heterocycles. The van der Waals surface area contributed by atoms with Gasteiger partial charge in [-0.05, 0) is 38.5 Å². The third-order valence-electron chi connectivity index (χ3n) is 4.34. The third kappa shape index (κ3) is 4.33. The summed E-state index contributed by atoms with van der Waals surface area (Å²) in [6.45, 7) is 3.80. The number of hydrogen-bond acceptors (Lipinski definition) is 7. The van der Waals surface area contributed by atoms with Crippen molar-refractivity contribution in [3.05, 3.63) is 46.8 Å². The molecule has 2 aromatic rings. The van der Waals surface area contributed by atoms with Gasteiger partial charge in [0.1, 0.15) is 18.1 Å². The van der Waals surface area contributed by atoms with Gasteiger partial charge in [0.2, 0.25) is 5.91 Å². The minimum Gasteiger partial charge on any atom is -0.489 e. The zero-order valence-electron chi connectivity index (χ0n) is 15.2. The van der Waals surface area contributed by atoms with Crippen LogP contribution in [0.1, 0.15) is 40.2 Å². The van der Waals surface area contributed by atoms with Crippen molar-refractivity contribution in [2.24, 2.45) is 0 Å². The lowest BCUT2D eigenvalue weighted by Gasteiger charge is -2.13. The first-order valence-corrected chi connectivity index (χ1v) is 8.60. The van der Waals surface area contributed by atoms with Crippen LogP contribution in [0, 0.1) is 13.8 Å². The molecule has 0 N–H and O–H groups in total. The molecule has 8 nitrogen and oxygen atoms in total. The fourth-order valence-electron chi connectivity index (χ4n) is 2.78. The monoisotopic (exact) mass is 372 g/mol. The number of carbonyl (C=O) groups excluding carboxylic acids is 3. The van der Waals surface area contributed by atoms with E-state index >= 15 is 0 Å². The molecule has 0 bridgehead atoms. The Labute approximate surface area is 156 Å². The van der Waals surface area contributed by atoms with E-state index in [1.165, 1.54) is 6.07 Å². The molecule has 142 valence electrons. The Kier molecular flexibility index (Phi) is 5.54. The van der Waals surface area contributed by atoms with Gasteiger partial charge in [-0.25, -0.2) is 4.79 Å². The molecule has 0 spiro atoms. The fourth-order valence-corrected chi connectivity index (χ4v) is 2.78. The van der Waals surface area contributed by atoms with Crippen LogP contribution < -0.4 is 4.74 Å². The second-order valence-electron chi connectivity index (χ2n) is 6.24.